The average molecular weight is 372 g/mol. The molecule has 134 valence electrons. The molecule has 6 nitrogen and oxygen atoms in total. The van der Waals surface area contributed by atoms with Gasteiger partial charge in [0, 0.05) is 24.8 Å². The lowest BCUT2D eigenvalue weighted by Crippen LogP contribution is -2.34. The summed E-state index contributed by atoms with van der Waals surface area (Å²) in [4.78, 5) is 32.9. The number of hydrogen-bond donors (Lipinski definition) is 1. The smallest absolute Gasteiger partial charge is 0.278 e. The Labute approximate surface area is 156 Å². The quantitative estimate of drug-likeness (QED) is 0.785. The first-order valence-corrected chi connectivity index (χ1v) is 8.49. The Morgan fingerprint density at radius 3 is 2.46 bits per heavy atom. The third-order valence-corrected chi connectivity index (χ3v) is 4.39. The van der Waals surface area contributed by atoms with E-state index in [2.05, 4.69) is 4.98 Å². The van der Waals surface area contributed by atoms with Gasteiger partial charge in [-0.05, 0) is 29.8 Å². The van der Waals surface area contributed by atoms with E-state index >= 15 is 0 Å². The molecule has 0 bridgehead atoms. The van der Waals surface area contributed by atoms with Gasteiger partial charge in [0.25, 0.3) is 11.8 Å². The second kappa shape index (κ2) is 7.68. The first kappa shape index (κ1) is 18.1. The number of aliphatic hydroxyl groups excluding tert-OH is 1. The molecule has 3 rings (SSSR count). The number of halogens is 1. The standard InChI is InChI=1S/C19H18ClN3O3/c1-22(10-11-24)17-16(13-5-7-14(20)8-6-13)18(25)23(19(17)26)12-15-4-2-3-9-21-15/h2-9,24H,10-12H2,1H3. The zero-order valence-corrected chi connectivity index (χ0v) is 15.0. The summed E-state index contributed by atoms with van der Waals surface area (Å²) in [5.74, 6) is -0.788. The van der Waals surface area contributed by atoms with Crippen LogP contribution in [0.15, 0.2) is 54.4 Å². The fraction of sp³-hybridized carbons (Fsp3) is 0.211. The van der Waals surface area contributed by atoms with Gasteiger partial charge in [-0.3, -0.25) is 19.5 Å². The number of rotatable bonds is 6. The second-order valence-corrected chi connectivity index (χ2v) is 6.33. The maximum Gasteiger partial charge on any atom is 0.278 e. The number of pyridine rings is 1. The van der Waals surface area contributed by atoms with Crippen LogP contribution in [0.5, 0.6) is 0 Å². The Bertz CT molecular complexity index is 850. The molecule has 1 aliphatic heterocycles. The highest BCUT2D eigenvalue weighted by Gasteiger charge is 2.40. The summed E-state index contributed by atoms with van der Waals surface area (Å²) in [5.41, 5.74) is 1.80. The molecule has 2 aromatic rings. The molecule has 0 aliphatic carbocycles. The van der Waals surface area contributed by atoms with Crippen molar-refractivity contribution < 1.29 is 14.7 Å². The van der Waals surface area contributed by atoms with E-state index in [0.29, 0.717) is 21.9 Å². The minimum atomic E-state index is -0.401. The molecule has 0 radical (unpaired) electrons. The van der Waals surface area contributed by atoms with E-state index in [0.717, 1.165) is 0 Å². The lowest BCUT2D eigenvalue weighted by atomic mass is 10.0. The van der Waals surface area contributed by atoms with Crippen LogP contribution < -0.4 is 0 Å². The van der Waals surface area contributed by atoms with Gasteiger partial charge in [0.15, 0.2) is 0 Å². The Morgan fingerprint density at radius 2 is 1.85 bits per heavy atom. The molecule has 2 heterocycles. The predicted octanol–water partition coefficient (Wildman–Crippen LogP) is 1.94. The highest BCUT2D eigenvalue weighted by Crippen LogP contribution is 2.32. The SMILES string of the molecule is CN(CCO)C1=C(c2ccc(Cl)cc2)C(=O)N(Cc2ccccn2)C1=O. The van der Waals surface area contributed by atoms with E-state index in [9.17, 15) is 14.7 Å². The molecule has 1 aromatic heterocycles. The minimum absolute atomic E-state index is 0.0893. The van der Waals surface area contributed by atoms with Crippen molar-refractivity contribution in [3.05, 3.63) is 70.6 Å². The number of aromatic nitrogens is 1. The fourth-order valence-corrected chi connectivity index (χ4v) is 2.98. The molecule has 0 atom stereocenters. The number of likely N-dealkylation sites (N-methyl/N-ethyl adjacent to an activating group) is 1. The van der Waals surface area contributed by atoms with Crippen molar-refractivity contribution in [2.24, 2.45) is 0 Å². The average Bonchev–Trinajstić information content (AvgIpc) is 2.88. The molecule has 0 saturated carbocycles. The number of amides is 2. The summed E-state index contributed by atoms with van der Waals surface area (Å²) in [6.07, 6.45) is 1.62. The first-order valence-electron chi connectivity index (χ1n) is 8.11. The summed E-state index contributed by atoms with van der Waals surface area (Å²) >= 11 is 5.94. The Kier molecular flexibility index (Phi) is 5.35. The number of nitrogens with zero attached hydrogens (tertiary/aromatic N) is 3. The number of carbonyl (C=O) groups excluding carboxylic acids is 2. The molecule has 1 N–H and O–H groups in total. The Hall–Kier alpha value is -2.70. The van der Waals surface area contributed by atoms with Gasteiger partial charge in [-0.15, -0.1) is 0 Å². The van der Waals surface area contributed by atoms with Crippen LogP contribution in [0.25, 0.3) is 5.57 Å². The topological polar surface area (TPSA) is 73.7 Å². The number of aliphatic hydroxyl groups is 1. The van der Waals surface area contributed by atoms with Gasteiger partial charge in [0.2, 0.25) is 0 Å². The molecule has 1 aromatic carbocycles. The van der Waals surface area contributed by atoms with Crippen molar-refractivity contribution in [3.8, 4) is 0 Å². The zero-order chi connectivity index (χ0) is 18.7. The highest BCUT2D eigenvalue weighted by atomic mass is 35.5. The van der Waals surface area contributed by atoms with Crippen LogP contribution in [-0.4, -0.2) is 51.9 Å². The van der Waals surface area contributed by atoms with Crippen LogP contribution in [0.3, 0.4) is 0 Å². The third-order valence-electron chi connectivity index (χ3n) is 4.14. The summed E-state index contributed by atoms with van der Waals surface area (Å²) in [6.45, 7) is 0.199. The highest BCUT2D eigenvalue weighted by molar-refractivity contribution is 6.35. The van der Waals surface area contributed by atoms with E-state index in [4.69, 9.17) is 11.6 Å². The molecule has 2 amide bonds. The van der Waals surface area contributed by atoms with Crippen molar-refractivity contribution >= 4 is 29.0 Å². The number of benzene rings is 1. The number of imide groups is 1. The second-order valence-electron chi connectivity index (χ2n) is 5.89. The van der Waals surface area contributed by atoms with Gasteiger partial charge in [0.05, 0.1) is 24.4 Å². The fourth-order valence-electron chi connectivity index (χ4n) is 2.85. The first-order chi connectivity index (χ1) is 12.5. The minimum Gasteiger partial charge on any atom is -0.395 e. The van der Waals surface area contributed by atoms with E-state index in [1.54, 1.807) is 60.6 Å². The van der Waals surface area contributed by atoms with Crippen molar-refractivity contribution in [1.82, 2.24) is 14.8 Å². The molecular formula is C19H18ClN3O3. The zero-order valence-electron chi connectivity index (χ0n) is 14.2. The maximum atomic E-state index is 13.0. The lowest BCUT2D eigenvalue weighted by Gasteiger charge is -2.20. The molecular weight excluding hydrogens is 354 g/mol. The van der Waals surface area contributed by atoms with Gasteiger partial charge in [-0.1, -0.05) is 29.8 Å². The lowest BCUT2D eigenvalue weighted by molar-refractivity contribution is -0.138. The van der Waals surface area contributed by atoms with Gasteiger partial charge in [-0.2, -0.15) is 0 Å². The van der Waals surface area contributed by atoms with Gasteiger partial charge in [0.1, 0.15) is 5.70 Å². The van der Waals surface area contributed by atoms with E-state index in [1.807, 2.05) is 0 Å². The molecule has 0 fully saturated rings. The van der Waals surface area contributed by atoms with Crippen LogP contribution in [0.1, 0.15) is 11.3 Å². The Morgan fingerprint density at radius 1 is 1.12 bits per heavy atom. The van der Waals surface area contributed by atoms with Gasteiger partial charge in [-0.25, -0.2) is 0 Å². The largest absolute Gasteiger partial charge is 0.395 e. The molecule has 7 heteroatoms. The summed E-state index contributed by atoms with van der Waals surface area (Å²) in [6, 6.07) is 12.1. The maximum absolute atomic E-state index is 13.0. The van der Waals surface area contributed by atoms with Crippen molar-refractivity contribution in [3.63, 3.8) is 0 Å². The van der Waals surface area contributed by atoms with Crippen molar-refractivity contribution in [2.45, 2.75) is 6.54 Å². The van der Waals surface area contributed by atoms with E-state index in [1.165, 1.54) is 4.90 Å². The normalized spacial score (nSPS) is 14.3. The van der Waals surface area contributed by atoms with Crippen LogP contribution in [0, 0.1) is 0 Å². The van der Waals surface area contributed by atoms with Crippen molar-refractivity contribution in [1.29, 1.82) is 0 Å². The summed E-state index contributed by atoms with van der Waals surface area (Å²) in [7, 11) is 1.68. The molecule has 0 unspecified atom stereocenters. The third kappa shape index (κ3) is 3.47. The van der Waals surface area contributed by atoms with Gasteiger partial charge >= 0.3 is 0 Å². The monoisotopic (exact) mass is 371 g/mol. The number of hydrogen-bond acceptors (Lipinski definition) is 5. The van der Waals surface area contributed by atoms with Crippen LogP contribution in [-0.2, 0) is 16.1 Å². The molecule has 0 spiro atoms. The Balaban J connectivity index is 2.01. The summed E-state index contributed by atoms with van der Waals surface area (Å²) in [5, 5.41) is 9.79. The molecule has 0 saturated heterocycles. The number of carbonyl (C=O) groups is 2. The van der Waals surface area contributed by atoms with Crippen LogP contribution in [0.4, 0.5) is 0 Å². The van der Waals surface area contributed by atoms with Gasteiger partial charge < -0.3 is 10.0 Å². The van der Waals surface area contributed by atoms with Crippen LogP contribution >= 0.6 is 11.6 Å². The van der Waals surface area contributed by atoms with E-state index in [-0.39, 0.29) is 31.3 Å². The van der Waals surface area contributed by atoms with Crippen molar-refractivity contribution in [2.75, 3.05) is 20.2 Å². The van der Waals surface area contributed by atoms with Crippen LogP contribution in [0.2, 0.25) is 5.02 Å². The summed E-state index contributed by atoms with van der Waals surface area (Å²) < 4.78 is 0. The predicted molar refractivity (Wildman–Crippen MR) is 97.9 cm³/mol. The molecule has 1 aliphatic rings. The molecule has 26 heavy (non-hydrogen) atoms. The van der Waals surface area contributed by atoms with E-state index < -0.39 is 5.91 Å².